The molecule has 1 unspecified atom stereocenters. The van der Waals surface area contributed by atoms with E-state index in [0.29, 0.717) is 25.4 Å². The second kappa shape index (κ2) is 6.22. The van der Waals surface area contributed by atoms with E-state index in [1.165, 1.54) is 6.39 Å². The molecule has 1 aromatic heterocycles. The van der Waals surface area contributed by atoms with Crippen molar-refractivity contribution in [3.05, 3.63) is 12.2 Å². The fourth-order valence-corrected chi connectivity index (χ4v) is 1.31. The minimum Gasteiger partial charge on any atom is -0.369 e. The monoisotopic (exact) mass is 227 g/mol. The van der Waals surface area contributed by atoms with E-state index in [4.69, 9.17) is 4.74 Å². The average molecular weight is 227 g/mol. The van der Waals surface area contributed by atoms with Gasteiger partial charge in [0, 0.05) is 26.6 Å². The lowest BCUT2D eigenvalue weighted by Crippen LogP contribution is -2.37. The highest BCUT2D eigenvalue weighted by Gasteiger charge is 2.17. The number of nitrogens with zero attached hydrogens (tertiary/aromatic N) is 3. The minimum atomic E-state index is -0.403. The molecule has 90 valence electrons. The van der Waals surface area contributed by atoms with Crippen LogP contribution in [0.2, 0.25) is 0 Å². The Morgan fingerprint density at radius 2 is 2.44 bits per heavy atom. The first-order chi connectivity index (χ1) is 7.65. The molecule has 0 saturated heterocycles. The lowest BCUT2D eigenvalue weighted by Gasteiger charge is -2.20. The lowest BCUT2D eigenvalue weighted by molar-refractivity contribution is -0.140. The first kappa shape index (κ1) is 12.6. The Morgan fingerprint density at radius 1 is 1.69 bits per heavy atom. The van der Waals surface area contributed by atoms with Gasteiger partial charge in [-0.25, -0.2) is 0 Å². The lowest BCUT2D eigenvalue weighted by atomic mass is 10.3. The number of amides is 1. The summed E-state index contributed by atoms with van der Waals surface area (Å²) in [5.74, 6) is 0.564. The second-order valence-corrected chi connectivity index (χ2v) is 3.45. The summed E-state index contributed by atoms with van der Waals surface area (Å²) in [6.07, 6.45) is 1.46. The maximum Gasteiger partial charge on any atom is 0.251 e. The van der Waals surface area contributed by atoms with Crippen LogP contribution in [0.1, 0.15) is 19.7 Å². The molecule has 1 heterocycles. The molecule has 0 N–H and O–H groups in total. The van der Waals surface area contributed by atoms with E-state index in [9.17, 15) is 4.79 Å². The predicted molar refractivity (Wildman–Crippen MR) is 56.7 cm³/mol. The SMILES string of the molecule is CCOC(C)C(=O)N(C)CCc1ncon1. The van der Waals surface area contributed by atoms with E-state index in [0.717, 1.165) is 0 Å². The molecular weight excluding hydrogens is 210 g/mol. The molecule has 16 heavy (non-hydrogen) atoms. The molecule has 0 radical (unpaired) electrons. The second-order valence-electron chi connectivity index (χ2n) is 3.45. The third kappa shape index (κ3) is 3.62. The van der Waals surface area contributed by atoms with Gasteiger partial charge in [-0.3, -0.25) is 4.79 Å². The van der Waals surface area contributed by atoms with Gasteiger partial charge in [0.1, 0.15) is 6.10 Å². The Balaban J connectivity index is 2.34. The van der Waals surface area contributed by atoms with Crippen molar-refractivity contribution < 1.29 is 14.1 Å². The number of aromatic nitrogens is 2. The van der Waals surface area contributed by atoms with Crippen LogP contribution in [0.4, 0.5) is 0 Å². The first-order valence-electron chi connectivity index (χ1n) is 5.27. The quantitative estimate of drug-likeness (QED) is 0.707. The van der Waals surface area contributed by atoms with Gasteiger partial charge in [0.2, 0.25) is 6.39 Å². The van der Waals surface area contributed by atoms with Gasteiger partial charge >= 0.3 is 0 Å². The van der Waals surface area contributed by atoms with E-state index < -0.39 is 6.10 Å². The van der Waals surface area contributed by atoms with Crippen molar-refractivity contribution in [1.82, 2.24) is 15.0 Å². The molecule has 0 saturated carbocycles. The number of hydrogen-bond acceptors (Lipinski definition) is 5. The van der Waals surface area contributed by atoms with E-state index in [-0.39, 0.29) is 5.91 Å². The molecule has 0 aromatic carbocycles. The Bertz CT molecular complexity index is 313. The maximum absolute atomic E-state index is 11.7. The largest absolute Gasteiger partial charge is 0.369 e. The molecule has 0 bridgehead atoms. The standard InChI is InChI=1S/C10H17N3O3/c1-4-15-8(2)10(14)13(3)6-5-9-11-7-16-12-9/h7-8H,4-6H2,1-3H3. The molecule has 6 heteroatoms. The van der Waals surface area contributed by atoms with Crippen molar-refractivity contribution in [2.24, 2.45) is 0 Å². The van der Waals surface area contributed by atoms with Crippen LogP contribution in [-0.2, 0) is 16.0 Å². The van der Waals surface area contributed by atoms with Crippen LogP contribution in [0.5, 0.6) is 0 Å². The molecule has 1 aromatic rings. The van der Waals surface area contributed by atoms with Crippen molar-refractivity contribution in [2.75, 3.05) is 20.2 Å². The predicted octanol–water partition coefficient (Wildman–Crippen LogP) is 0.495. The van der Waals surface area contributed by atoms with Crippen molar-refractivity contribution in [3.8, 4) is 0 Å². The van der Waals surface area contributed by atoms with Gasteiger partial charge in [0.15, 0.2) is 5.82 Å². The highest BCUT2D eigenvalue weighted by atomic mass is 16.5. The number of ether oxygens (including phenoxy) is 1. The van der Waals surface area contributed by atoms with Crippen LogP contribution in [-0.4, -0.2) is 47.3 Å². The summed E-state index contributed by atoms with van der Waals surface area (Å²) in [4.78, 5) is 17.2. The van der Waals surface area contributed by atoms with Crippen LogP contribution in [0.15, 0.2) is 10.9 Å². The van der Waals surface area contributed by atoms with E-state index in [1.54, 1.807) is 18.9 Å². The third-order valence-corrected chi connectivity index (χ3v) is 2.22. The Labute approximate surface area is 94.6 Å². The third-order valence-electron chi connectivity index (χ3n) is 2.22. The Hall–Kier alpha value is -1.43. The molecule has 1 rings (SSSR count). The summed E-state index contributed by atoms with van der Waals surface area (Å²) >= 11 is 0. The van der Waals surface area contributed by atoms with Crippen molar-refractivity contribution in [3.63, 3.8) is 0 Å². The fraction of sp³-hybridized carbons (Fsp3) is 0.700. The highest BCUT2D eigenvalue weighted by Crippen LogP contribution is 1.99. The molecule has 0 spiro atoms. The topological polar surface area (TPSA) is 68.5 Å². The van der Waals surface area contributed by atoms with Crippen molar-refractivity contribution in [1.29, 1.82) is 0 Å². The summed E-state index contributed by atoms with van der Waals surface area (Å²) in [5.41, 5.74) is 0. The highest BCUT2D eigenvalue weighted by molar-refractivity contribution is 5.80. The number of likely N-dealkylation sites (N-methyl/N-ethyl adjacent to an activating group) is 1. The van der Waals surface area contributed by atoms with Gasteiger partial charge in [-0.05, 0) is 13.8 Å². The van der Waals surface area contributed by atoms with Crippen LogP contribution >= 0.6 is 0 Å². The summed E-state index contributed by atoms with van der Waals surface area (Å²) in [6, 6.07) is 0. The smallest absolute Gasteiger partial charge is 0.251 e. The average Bonchev–Trinajstić information content (AvgIpc) is 2.78. The van der Waals surface area contributed by atoms with Crippen LogP contribution < -0.4 is 0 Å². The van der Waals surface area contributed by atoms with E-state index in [2.05, 4.69) is 14.7 Å². The minimum absolute atomic E-state index is 0.0367. The Morgan fingerprint density at radius 3 is 3.00 bits per heavy atom. The van der Waals surface area contributed by atoms with E-state index in [1.807, 2.05) is 6.92 Å². The fourth-order valence-electron chi connectivity index (χ4n) is 1.31. The number of carbonyl (C=O) groups excluding carboxylic acids is 1. The maximum atomic E-state index is 11.7. The molecule has 0 aliphatic rings. The van der Waals surface area contributed by atoms with E-state index >= 15 is 0 Å². The molecule has 6 nitrogen and oxygen atoms in total. The van der Waals surface area contributed by atoms with Gasteiger partial charge in [-0.2, -0.15) is 4.98 Å². The van der Waals surface area contributed by atoms with Crippen molar-refractivity contribution >= 4 is 5.91 Å². The molecule has 0 aliphatic heterocycles. The first-order valence-corrected chi connectivity index (χ1v) is 5.27. The molecular formula is C10H17N3O3. The van der Waals surface area contributed by atoms with Gasteiger partial charge in [-0.1, -0.05) is 5.16 Å². The normalized spacial score (nSPS) is 12.4. The summed E-state index contributed by atoms with van der Waals surface area (Å²) in [5, 5.41) is 3.67. The zero-order chi connectivity index (χ0) is 12.0. The van der Waals surface area contributed by atoms with Gasteiger partial charge < -0.3 is 14.2 Å². The van der Waals surface area contributed by atoms with Gasteiger partial charge in [0.05, 0.1) is 0 Å². The number of carbonyl (C=O) groups is 1. The molecule has 1 amide bonds. The van der Waals surface area contributed by atoms with Crippen LogP contribution in [0.25, 0.3) is 0 Å². The summed E-state index contributed by atoms with van der Waals surface area (Å²) < 4.78 is 9.82. The van der Waals surface area contributed by atoms with Gasteiger partial charge in [0.25, 0.3) is 5.91 Å². The van der Waals surface area contributed by atoms with Gasteiger partial charge in [-0.15, -0.1) is 0 Å². The molecule has 1 atom stereocenters. The number of rotatable bonds is 6. The summed E-state index contributed by atoms with van der Waals surface area (Å²) in [7, 11) is 1.73. The van der Waals surface area contributed by atoms with Crippen molar-refractivity contribution in [2.45, 2.75) is 26.4 Å². The van der Waals surface area contributed by atoms with Crippen LogP contribution in [0, 0.1) is 0 Å². The molecule has 0 aliphatic carbocycles. The zero-order valence-corrected chi connectivity index (χ0v) is 9.84. The summed E-state index contributed by atoms with van der Waals surface area (Å²) in [6.45, 7) is 4.70. The number of hydrogen-bond donors (Lipinski definition) is 0. The molecule has 0 fully saturated rings. The zero-order valence-electron chi connectivity index (χ0n) is 9.84. The Kier molecular flexibility index (Phi) is 4.91. The van der Waals surface area contributed by atoms with Crippen LogP contribution in [0.3, 0.4) is 0 Å².